The normalized spacial score (nSPS) is 24.0. The summed E-state index contributed by atoms with van der Waals surface area (Å²) in [7, 11) is -3.25. The van der Waals surface area contributed by atoms with E-state index in [1.54, 1.807) is 18.2 Å². The molecule has 3 N–H and O–H groups in total. The van der Waals surface area contributed by atoms with E-state index in [0.29, 0.717) is 18.1 Å². The van der Waals surface area contributed by atoms with Crippen molar-refractivity contribution in [1.82, 2.24) is 0 Å². The second-order valence-corrected chi connectivity index (χ2v) is 7.28. The molecule has 118 valence electrons. The van der Waals surface area contributed by atoms with Gasteiger partial charge < -0.3 is 20.3 Å². The highest BCUT2D eigenvalue weighted by Gasteiger charge is 2.38. The molecule has 1 heterocycles. The smallest absolute Gasteiger partial charge is 0.156 e. The van der Waals surface area contributed by atoms with Crippen LogP contribution in [0.2, 0.25) is 0 Å². The van der Waals surface area contributed by atoms with Crippen LogP contribution in [0.3, 0.4) is 0 Å². The molecule has 2 atom stereocenters. The number of nitrogens with two attached hydrogens (primary N) is 1. The van der Waals surface area contributed by atoms with E-state index in [0.717, 1.165) is 12.0 Å². The number of rotatable bonds is 6. The third-order valence-corrected chi connectivity index (χ3v) is 4.97. The minimum Gasteiger partial charge on any atom is -0.493 e. The lowest BCUT2D eigenvalue weighted by molar-refractivity contribution is 0.0729. The summed E-state index contributed by atoms with van der Waals surface area (Å²) in [4.78, 5) is 0. The van der Waals surface area contributed by atoms with Crippen molar-refractivity contribution in [1.29, 1.82) is 0 Å². The fourth-order valence-electron chi connectivity index (χ4n) is 2.20. The number of hydrogen-bond acceptors (Lipinski definition) is 6. The van der Waals surface area contributed by atoms with Crippen molar-refractivity contribution in [3.63, 3.8) is 0 Å². The maximum atomic E-state index is 11.5. The third-order valence-electron chi connectivity index (χ3n) is 3.28. The molecule has 1 aliphatic rings. The molecule has 0 aliphatic carbocycles. The first kappa shape index (κ1) is 16.1. The quantitative estimate of drug-likeness (QED) is 0.792. The first-order valence-corrected chi connectivity index (χ1v) is 8.78. The zero-order valence-corrected chi connectivity index (χ0v) is 12.8. The highest BCUT2D eigenvalue weighted by Crippen LogP contribution is 2.28. The van der Waals surface area contributed by atoms with Crippen molar-refractivity contribution < 1.29 is 23.0 Å². The molecule has 0 spiro atoms. The topological polar surface area (TPSA) is 98.9 Å². The van der Waals surface area contributed by atoms with Crippen LogP contribution in [0.25, 0.3) is 0 Å². The van der Waals surface area contributed by atoms with Crippen molar-refractivity contribution in [3.8, 4) is 11.5 Å². The van der Waals surface area contributed by atoms with Crippen LogP contribution in [0.4, 0.5) is 0 Å². The maximum Gasteiger partial charge on any atom is 0.156 e. The van der Waals surface area contributed by atoms with Gasteiger partial charge in [-0.3, -0.25) is 0 Å². The first-order chi connectivity index (χ1) is 9.95. The Kier molecular flexibility index (Phi) is 5.08. The van der Waals surface area contributed by atoms with E-state index in [1.165, 1.54) is 0 Å². The molecule has 6 nitrogen and oxygen atoms in total. The summed E-state index contributed by atoms with van der Waals surface area (Å²) in [6, 6.07) is 5.28. The summed E-state index contributed by atoms with van der Waals surface area (Å²) in [6.45, 7) is 2.85. The Balaban J connectivity index is 2.17. The molecule has 1 saturated heterocycles. The van der Waals surface area contributed by atoms with Gasteiger partial charge in [-0.2, -0.15) is 0 Å². The highest BCUT2D eigenvalue weighted by atomic mass is 32.2. The summed E-state index contributed by atoms with van der Waals surface area (Å²) in [5.74, 6) is 0.659. The van der Waals surface area contributed by atoms with Gasteiger partial charge in [-0.15, -0.1) is 0 Å². The number of aliphatic hydroxyl groups is 1. The largest absolute Gasteiger partial charge is 0.493 e. The summed E-state index contributed by atoms with van der Waals surface area (Å²) in [6.07, 6.45) is -0.892. The van der Waals surface area contributed by atoms with Gasteiger partial charge in [0.2, 0.25) is 0 Å². The van der Waals surface area contributed by atoms with E-state index < -0.39 is 22.0 Å². The molecule has 21 heavy (non-hydrogen) atoms. The van der Waals surface area contributed by atoms with Crippen LogP contribution < -0.4 is 15.2 Å². The Morgan fingerprint density at radius 1 is 1.38 bits per heavy atom. The lowest BCUT2D eigenvalue weighted by Crippen LogP contribution is -2.30. The van der Waals surface area contributed by atoms with Crippen molar-refractivity contribution in [2.75, 3.05) is 18.1 Å². The summed E-state index contributed by atoms with van der Waals surface area (Å²) in [5.41, 5.74) is 6.41. The highest BCUT2D eigenvalue weighted by molar-refractivity contribution is 7.91. The Hall–Kier alpha value is -1.31. The molecule has 1 aliphatic heterocycles. The van der Waals surface area contributed by atoms with E-state index in [9.17, 15) is 13.5 Å². The summed E-state index contributed by atoms with van der Waals surface area (Å²) >= 11 is 0. The SMILES string of the molecule is CCCOc1ccc(CN)c(OC2CS(=O)(=O)CC2O)c1. The van der Waals surface area contributed by atoms with Gasteiger partial charge >= 0.3 is 0 Å². The van der Waals surface area contributed by atoms with Gasteiger partial charge in [-0.05, 0) is 12.5 Å². The number of sulfone groups is 1. The molecule has 0 bridgehead atoms. The van der Waals surface area contributed by atoms with Gasteiger partial charge in [0.15, 0.2) is 9.84 Å². The van der Waals surface area contributed by atoms with Gasteiger partial charge in [0, 0.05) is 18.2 Å². The van der Waals surface area contributed by atoms with Crippen LogP contribution in [0.5, 0.6) is 11.5 Å². The number of benzene rings is 1. The van der Waals surface area contributed by atoms with Gasteiger partial charge in [-0.25, -0.2) is 8.42 Å². The molecular formula is C14H21NO5S. The van der Waals surface area contributed by atoms with Crippen molar-refractivity contribution >= 4 is 9.84 Å². The molecule has 7 heteroatoms. The van der Waals surface area contributed by atoms with Gasteiger partial charge in [0.05, 0.1) is 18.1 Å². The zero-order chi connectivity index (χ0) is 15.5. The van der Waals surface area contributed by atoms with Crippen molar-refractivity contribution in [3.05, 3.63) is 23.8 Å². The molecule has 2 rings (SSSR count). The molecule has 0 aromatic heterocycles. The average molecular weight is 315 g/mol. The fourth-order valence-corrected chi connectivity index (χ4v) is 3.86. The van der Waals surface area contributed by atoms with Crippen molar-refractivity contribution in [2.24, 2.45) is 5.73 Å². The summed E-state index contributed by atoms with van der Waals surface area (Å²) < 4.78 is 34.2. The minimum absolute atomic E-state index is 0.182. The van der Waals surface area contributed by atoms with Crippen molar-refractivity contribution in [2.45, 2.75) is 32.1 Å². The third kappa shape index (κ3) is 4.09. The van der Waals surface area contributed by atoms with E-state index in [4.69, 9.17) is 15.2 Å². The van der Waals surface area contributed by atoms with E-state index in [1.807, 2.05) is 6.92 Å². The molecule has 0 saturated carbocycles. The predicted octanol–water partition coefficient (Wildman–Crippen LogP) is 0.471. The Morgan fingerprint density at radius 2 is 2.14 bits per heavy atom. The number of ether oxygens (including phenoxy) is 2. The first-order valence-electron chi connectivity index (χ1n) is 6.96. The van der Waals surface area contributed by atoms with Gasteiger partial charge in [-0.1, -0.05) is 13.0 Å². The standard InChI is InChI=1S/C14H21NO5S/c1-2-5-19-11-4-3-10(7-15)13(6-11)20-14-9-21(17,18)8-12(14)16/h3-4,6,12,14,16H,2,5,7-9,15H2,1H3. The van der Waals surface area contributed by atoms with E-state index >= 15 is 0 Å². The predicted molar refractivity (Wildman–Crippen MR) is 79.2 cm³/mol. The van der Waals surface area contributed by atoms with Crippen LogP contribution in [0, 0.1) is 0 Å². The second kappa shape index (κ2) is 6.64. The fraction of sp³-hybridized carbons (Fsp3) is 0.571. The Bertz CT molecular complexity index is 587. The number of aliphatic hydroxyl groups excluding tert-OH is 1. The van der Waals surface area contributed by atoms with Gasteiger partial charge in [0.1, 0.15) is 23.7 Å². The molecule has 1 aromatic carbocycles. The monoisotopic (exact) mass is 315 g/mol. The Labute approximate surface area is 124 Å². The van der Waals surface area contributed by atoms with E-state index in [-0.39, 0.29) is 18.1 Å². The van der Waals surface area contributed by atoms with Crippen LogP contribution in [0.15, 0.2) is 18.2 Å². The Morgan fingerprint density at radius 3 is 2.71 bits per heavy atom. The van der Waals surface area contributed by atoms with Crippen LogP contribution in [-0.2, 0) is 16.4 Å². The lowest BCUT2D eigenvalue weighted by atomic mass is 10.2. The second-order valence-electron chi connectivity index (χ2n) is 5.12. The molecule has 0 radical (unpaired) electrons. The maximum absolute atomic E-state index is 11.5. The molecule has 1 fully saturated rings. The summed E-state index contributed by atoms with van der Waals surface area (Å²) in [5, 5.41) is 9.79. The lowest BCUT2D eigenvalue weighted by Gasteiger charge is -2.19. The molecular weight excluding hydrogens is 294 g/mol. The molecule has 2 unspecified atom stereocenters. The van der Waals surface area contributed by atoms with Crippen LogP contribution in [0.1, 0.15) is 18.9 Å². The molecule has 1 aromatic rings. The van der Waals surface area contributed by atoms with Crippen LogP contribution >= 0.6 is 0 Å². The molecule has 0 amide bonds. The zero-order valence-electron chi connectivity index (χ0n) is 12.0. The van der Waals surface area contributed by atoms with E-state index in [2.05, 4.69) is 0 Å². The average Bonchev–Trinajstić information content (AvgIpc) is 2.69. The van der Waals surface area contributed by atoms with Gasteiger partial charge in [0.25, 0.3) is 0 Å². The van der Waals surface area contributed by atoms with Crippen LogP contribution in [-0.4, -0.2) is 43.8 Å². The minimum atomic E-state index is -3.25. The number of hydrogen-bond donors (Lipinski definition) is 2.